The van der Waals surface area contributed by atoms with Crippen molar-refractivity contribution >= 4 is 23.2 Å². The Hall–Kier alpha value is -2.71. The van der Waals surface area contributed by atoms with E-state index in [2.05, 4.69) is 91.0 Å². The fourth-order valence-corrected chi connectivity index (χ4v) is 8.06. The van der Waals surface area contributed by atoms with E-state index in [0.29, 0.717) is 5.76 Å². The van der Waals surface area contributed by atoms with Gasteiger partial charge in [-0.2, -0.15) is 0 Å². The number of furan rings is 1. The van der Waals surface area contributed by atoms with Crippen molar-refractivity contribution in [3.05, 3.63) is 115 Å². The minimum Gasteiger partial charge on any atom is -0.457 e. The Morgan fingerprint density at radius 1 is 0.633 bits per heavy atom. The Labute approximate surface area is 178 Å². The van der Waals surface area contributed by atoms with Gasteiger partial charge in [-0.05, 0) is 48.5 Å². The van der Waals surface area contributed by atoms with Crippen LogP contribution in [-0.4, -0.2) is 14.2 Å². The van der Waals surface area contributed by atoms with Crippen LogP contribution in [0.4, 0.5) is 0 Å². The Morgan fingerprint density at radius 3 is 1.47 bits per heavy atom. The lowest BCUT2D eigenvalue weighted by atomic mass is 10.3. The van der Waals surface area contributed by atoms with Crippen molar-refractivity contribution in [2.75, 3.05) is 14.2 Å². The number of methoxy groups -OCH3 is 2. The molecule has 0 amide bonds. The molecule has 0 radical (unpaired) electrons. The summed E-state index contributed by atoms with van der Waals surface area (Å²) in [7, 11) is 1.25. The van der Waals surface area contributed by atoms with Crippen LogP contribution < -0.4 is 15.9 Å². The molecule has 3 nitrogen and oxygen atoms in total. The van der Waals surface area contributed by atoms with Crippen LogP contribution in [0.25, 0.3) is 0 Å². The zero-order valence-corrected chi connectivity index (χ0v) is 18.2. The first-order valence-electron chi connectivity index (χ1n) is 9.97. The lowest BCUT2D eigenvalue weighted by molar-refractivity contribution is -0.118. The van der Waals surface area contributed by atoms with E-state index in [4.69, 9.17) is 13.9 Å². The van der Waals surface area contributed by atoms with Gasteiger partial charge in [-0.15, -0.1) is 0 Å². The molecule has 0 aliphatic heterocycles. The topological polar surface area (TPSA) is 31.6 Å². The summed E-state index contributed by atoms with van der Waals surface area (Å²) < 4.78 is 17.0. The maximum Gasteiger partial charge on any atom is 0.216 e. The molecule has 1 heterocycles. The highest BCUT2D eigenvalue weighted by Crippen LogP contribution is 2.58. The molecule has 4 aromatic rings. The summed E-state index contributed by atoms with van der Waals surface area (Å²) in [5.41, 5.74) is 0. The van der Waals surface area contributed by atoms with Crippen molar-refractivity contribution in [2.45, 2.75) is 12.5 Å². The first-order chi connectivity index (χ1) is 14.8. The second kappa shape index (κ2) is 9.40. The molecule has 152 valence electrons. The van der Waals surface area contributed by atoms with Crippen molar-refractivity contribution in [1.29, 1.82) is 0 Å². The zero-order valence-electron chi connectivity index (χ0n) is 17.3. The molecule has 0 atom stereocenters. The molecule has 4 heteroatoms. The number of ether oxygens (including phenoxy) is 2. The van der Waals surface area contributed by atoms with E-state index in [9.17, 15) is 0 Å². The van der Waals surface area contributed by atoms with Gasteiger partial charge in [0.05, 0.1) is 0 Å². The quantitative estimate of drug-likeness (QED) is 0.297. The first-order valence-corrected chi connectivity index (χ1v) is 11.9. The smallest absolute Gasteiger partial charge is 0.216 e. The van der Waals surface area contributed by atoms with Crippen LogP contribution in [-0.2, 0) is 15.6 Å². The van der Waals surface area contributed by atoms with Crippen molar-refractivity contribution in [2.24, 2.45) is 0 Å². The molecule has 30 heavy (non-hydrogen) atoms. The van der Waals surface area contributed by atoms with Crippen LogP contribution in [0.3, 0.4) is 0 Å². The van der Waals surface area contributed by atoms with Crippen LogP contribution >= 0.6 is 7.26 Å². The van der Waals surface area contributed by atoms with E-state index in [1.807, 2.05) is 12.1 Å². The standard InChI is InChI=1S/C26H26O3P/c1-27-26(28-2)25-19-18-21(29-25)20-30(22-12-6-3-7-13-22,23-14-8-4-9-15-23)24-16-10-5-11-17-24/h3-19,26H,20H2,1-2H3/q+1. The Bertz CT molecular complexity index is 945. The lowest BCUT2D eigenvalue weighted by Crippen LogP contribution is -2.32. The second-order valence-electron chi connectivity index (χ2n) is 7.08. The van der Waals surface area contributed by atoms with Gasteiger partial charge in [0.1, 0.15) is 35.1 Å². The van der Waals surface area contributed by atoms with Crippen molar-refractivity contribution < 1.29 is 13.9 Å². The summed E-state index contributed by atoms with van der Waals surface area (Å²) >= 11 is 0. The Kier molecular flexibility index (Phi) is 6.44. The van der Waals surface area contributed by atoms with E-state index >= 15 is 0 Å². The van der Waals surface area contributed by atoms with Crippen molar-refractivity contribution in [1.82, 2.24) is 0 Å². The average molecular weight is 417 g/mol. The normalized spacial score (nSPS) is 11.7. The minimum absolute atomic E-state index is 0.503. The van der Waals surface area contributed by atoms with E-state index in [1.165, 1.54) is 15.9 Å². The average Bonchev–Trinajstić information content (AvgIpc) is 3.28. The molecule has 1 aromatic heterocycles. The van der Waals surface area contributed by atoms with Crippen molar-refractivity contribution in [3.8, 4) is 0 Å². The molecule has 0 unspecified atom stereocenters. The van der Waals surface area contributed by atoms with Crippen molar-refractivity contribution in [3.63, 3.8) is 0 Å². The molecule has 0 N–H and O–H groups in total. The summed E-state index contributed by atoms with van der Waals surface area (Å²) in [6, 6.07) is 36.4. The monoisotopic (exact) mass is 417 g/mol. The van der Waals surface area contributed by atoms with Gasteiger partial charge >= 0.3 is 0 Å². The molecule has 4 rings (SSSR count). The van der Waals surface area contributed by atoms with Gasteiger partial charge < -0.3 is 13.9 Å². The lowest BCUT2D eigenvalue weighted by Gasteiger charge is -2.27. The van der Waals surface area contributed by atoms with E-state index < -0.39 is 13.6 Å². The summed E-state index contributed by atoms with van der Waals surface area (Å²) in [4.78, 5) is 0. The van der Waals surface area contributed by atoms with Gasteiger partial charge in [0.25, 0.3) is 0 Å². The zero-order chi connectivity index (χ0) is 20.8. The SMILES string of the molecule is COC(OC)c1ccc(C[P+](c2ccccc2)(c2ccccc2)c2ccccc2)o1. The van der Waals surface area contributed by atoms with Crippen LogP contribution in [0.15, 0.2) is 108 Å². The third kappa shape index (κ3) is 3.97. The predicted molar refractivity (Wildman–Crippen MR) is 124 cm³/mol. The molecule has 0 saturated carbocycles. The molecule has 0 bridgehead atoms. The summed E-state index contributed by atoms with van der Waals surface area (Å²) in [5.74, 6) is 1.61. The largest absolute Gasteiger partial charge is 0.457 e. The molecule has 0 aliphatic carbocycles. The van der Waals surface area contributed by atoms with Gasteiger partial charge in [-0.1, -0.05) is 54.6 Å². The highest BCUT2D eigenvalue weighted by molar-refractivity contribution is 7.95. The molecule has 0 spiro atoms. The predicted octanol–water partition coefficient (Wildman–Crippen LogP) is 5.07. The van der Waals surface area contributed by atoms with E-state index in [0.717, 1.165) is 11.9 Å². The number of hydrogen-bond donors (Lipinski definition) is 0. The fraction of sp³-hybridized carbons (Fsp3) is 0.154. The van der Waals surface area contributed by atoms with Crippen LogP contribution in [0, 0.1) is 0 Å². The second-order valence-corrected chi connectivity index (χ2v) is 10.6. The highest BCUT2D eigenvalue weighted by atomic mass is 31.2. The van der Waals surface area contributed by atoms with Gasteiger partial charge in [-0.25, -0.2) is 0 Å². The van der Waals surface area contributed by atoms with Gasteiger partial charge in [-0.3, -0.25) is 0 Å². The first kappa shape index (κ1) is 20.6. The van der Waals surface area contributed by atoms with Gasteiger partial charge in [0, 0.05) is 14.2 Å². The third-order valence-corrected chi connectivity index (χ3v) is 9.65. The maximum absolute atomic E-state index is 6.23. The molecule has 0 aliphatic rings. The number of rotatable bonds is 8. The molecular formula is C26H26O3P+. The summed E-state index contributed by atoms with van der Waals surface area (Å²) in [6.07, 6.45) is 0.280. The molecular weight excluding hydrogens is 391 g/mol. The van der Waals surface area contributed by atoms with E-state index in [1.54, 1.807) is 14.2 Å². The van der Waals surface area contributed by atoms with Gasteiger partial charge in [0.15, 0.2) is 5.76 Å². The van der Waals surface area contributed by atoms with Gasteiger partial charge in [0.2, 0.25) is 6.29 Å². The van der Waals surface area contributed by atoms with Crippen LogP contribution in [0.1, 0.15) is 17.8 Å². The molecule has 0 fully saturated rings. The molecule has 3 aromatic carbocycles. The summed E-state index contributed by atoms with van der Waals surface area (Å²) in [5, 5.41) is 3.99. The number of benzene rings is 3. The Morgan fingerprint density at radius 2 is 1.07 bits per heavy atom. The van der Waals surface area contributed by atoms with E-state index in [-0.39, 0.29) is 0 Å². The number of hydrogen-bond acceptors (Lipinski definition) is 3. The van der Waals surface area contributed by atoms with Crippen LogP contribution in [0.5, 0.6) is 0 Å². The fourth-order valence-electron chi connectivity index (χ4n) is 3.94. The minimum atomic E-state index is -1.98. The third-order valence-electron chi connectivity index (χ3n) is 5.33. The molecule has 0 saturated heterocycles. The summed E-state index contributed by atoms with van der Waals surface area (Å²) in [6.45, 7) is 0. The van der Waals surface area contributed by atoms with Crippen LogP contribution in [0.2, 0.25) is 0 Å². The highest BCUT2D eigenvalue weighted by Gasteiger charge is 2.46. The Balaban J connectivity index is 1.89. The maximum atomic E-state index is 6.23.